The summed E-state index contributed by atoms with van der Waals surface area (Å²) in [5.74, 6) is 0.474. The number of likely N-dealkylation sites (tertiary alicyclic amines) is 1. The van der Waals surface area contributed by atoms with Crippen LogP contribution in [0.3, 0.4) is 0 Å². The van der Waals surface area contributed by atoms with Crippen molar-refractivity contribution >= 4 is 40.6 Å². The van der Waals surface area contributed by atoms with Gasteiger partial charge in [-0.05, 0) is 30.5 Å². The van der Waals surface area contributed by atoms with Crippen molar-refractivity contribution in [1.82, 2.24) is 9.80 Å². The fourth-order valence-corrected chi connectivity index (χ4v) is 4.62. The van der Waals surface area contributed by atoms with Gasteiger partial charge in [0.2, 0.25) is 0 Å². The van der Waals surface area contributed by atoms with Crippen LogP contribution >= 0.6 is 24.8 Å². The van der Waals surface area contributed by atoms with E-state index in [-0.39, 0.29) is 48.3 Å². The Morgan fingerprint density at radius 2 is 1.85 bits per heavy atom. The van der Waals surface area contributed by atoms with Gasteiger partial charge in [0.1, 0.15) is 0 Å². The third kappa shape index (κ3) is 6.09. The Bertz CT molecular complexity index is 701. The zero-order valence-corrected chi connectivity index (χ0v) is 17.1. The summed E-state index contributed by atoms with van der Waals surface area (Å²) in [5, 5.41) is 0. The van der Waals surface area contributed by atoms with Gasteiger partial charge in [-0.25, -0.2) is 8.42 Å². The predicted molar refractivity (Wildman–Crippen MR) is 108 cm³/mol. The second-order valence-electron chi connectivity index (χ2n) is 6.78. The van der Waals surface area contributed by atoms with Crippen LogP contribution in [0.2, 0.25) is 0 Å². The molecular weight excluding hydrogens is 397 g/mol. The highest BCUT2D eigenvalue weighted by atomic mass is 35.5. The van der Waals surface area contributed by atoms with E-state index < -0.39 is 9.84 Å². The molecule has 26 heavy (non-hydrogen) atoms. The lowest BCUT2D eigenvalue weighted by Crippen LogP contribution is -2.45. The third-order valence-corrected chi connectivity index (χ3v) is 6.37. The number of rotatable bonds is 3. The Morgan fingerprint density at radius 1 is 1.15 bits per heavy atom. The van der Waals surface area contributed by atoms with Crippen LogP contribution in [-0.2, 0) is 16.4 Å². The van der Waals surface area contributed by atoms with Crippen LogP contribution in [0.15, 0.2) is 24.3 Å². The molecular formula is C17H27Cl2N3O3S. The number of hydrogen-bond acceptors (Lipinski definition) is 5. The van der Waals surface area contributed by atoms with Gasteiger partial charge >= 0.3 is 0 Å². The van der Waals surface area contributed by atoms with Gasteiger partial charge in [-0.15, -0.1) is 24.8 Å². The Morgan fingerprint density at radius 3 is 2.50 bits per heavy atom. The molecule has 1 amide bonds. The van der Waals surface area contributed by atoms with Crippen molar-refractivity contribution in [2.75, 3.05) is 37.7 Å². The minimum Gasteiger partial charge on any atom is -0.337 e. The zero-order valence-electron chi connectivity index (χ0n) is 14.7. The standard InChI is InChI=1S/C17H25N3O3S.2ClH/c18-16-5-2-6-20(13-16)17(21)15-4-1-3-14(11-15)12-19-7-9-24(22,23)10-8-19;;/h1,3-4,11,16H,2,5-10,12-13,18H2;2*1H. The summed E-state index contributed by atoms with van der Waals surface area (Å²) < 4.78 is 23.0. The van der Waals surface area contributed by atoms with Crippen molar-refractivity contribution in [3.8, 4) is 0 Å². The number of nitrogens with two attached hydrogens (primary N) is 1. The van der Waals surface area contributed by atoms with Crippen molar-refractivity contribution < 1.29 is 13.2 Å². The highest BCUT2D eigenvalue weighted by Gasteiger charge is 2.24. The SMILES string of the molecule is Cl.Cl.NC1CCCN(C(=O)c2cccc(CN3CCS(=O)(=O)CC3)c2)C1. The molecule has 2 aliphatic rings. The maximum absolute atomic E-state index is 12.7. The molecule has 0 radical (unpaired) electrons. The summed E-state index contributed by atoms with van der Waals surface area (Å²) in [6.07, 6.45) is 1.93. The van der Waals surface area contributed by atoms with Crippen LogP contribution < -0.4 is 5.73 Å². The molecule has 1 atom stereocenters. The minimum atomic E-state index is -2.86. The Labute approximate surface area is 167 Å². The lowest BCUT2D eigenvalue weighted by atomic mass is 10.0. The van der Waals surface area contributed by atoms with Gasteiger partial charge in [-0.2, -0.15) is 0 Å². The molecule has 1 aromatic carbocycles. The van der Waals surface area contributed by atoms with E-state index in [1.807, 2.05) is 29.2 Å². The topological polar surface area (TPSA) is 83.7 Å². The highest BCUT2D eigenvalue weighted by Crippen LogP contribution is 2.16. The van der Waals surface area contributed by atoms with Crippen molar-refractivity contribution in [1.29, 1.82) is 0 Å². The second kappa shape index (κ2) is 9.90. The van der Waals surface area contributed by atoms with Gasteiger partial charge in [0.15, 0.2) is 9.84 Å². The van der Waals surface area contributed by atoms with E-state index >= 15 is 0 Å². The first-order chi connectivity index (χ1) is 11.4. The van der Waals surface area contributed by atoms with Gasteiger partial charge in [-0.3, -0.25) is 9.69 Å². The van der Waals surface area contributed by atoms with Gasteiger partial charge in [0.05, 0.1) is 11.5 Å². The summed E-state index contributed by atoms with van der Waals surface area (Å²) in [5.41, 5.74) is 7.70. The average molecular weight is 424 g/mol. The number of piperidine rings is 1. The molecule has 9 heteroatoms. The smallest absolute Gasteiger partial charge is 0.253 e. The molecule has 3 rings (SSSR count). The van der Waals surface area contributed by atoms with E-state index in [2.05, 4.69) is 4.90 Å². The predicted octanol–water partition coefficient (Wildman–Crippen LogP) is 1.32. The van der Waals surface area contributed by atoms with Crippen LogP contribution in [0.25, 0.3) is 0 Å². The van der Waals surface area contributed by atoms with Crippen LogP contribution in [0, 0.1) is 0 Å². The average Bonchev–Trinajstić information content (AvgIpc) is 2.56. The Hall–Kier alpha value is -0.860. The molecule has 2 saturated heterocycles. The zero-order chi connectivity index (χ0) is 17.2. The summed E-state index contributed by atoms with van der Waals surface area (Å²) >= 11 is 0. The number of sulfone groups is 1. The van der Waals surface area contributed by atoms with E-state index in [1.165, 1.54) is 0 Å². The maximum atomic E-state index is 12.7. The van der Waals surface area contributed by atoms with E-state index in [9.17, 15) is 13.2 Å². The quantitative estimate of drug-likeness (QED) is 0.792. The van der Waals surface area contributed by atoms with E-state index in [0.717, 1.165) is 24.9 Å². The summed E-state index contributed by atoms with van der Waals surface area (Å²) in [6, 6.07) is 7.72. The molecule has 2 N–H and O–H groups in total. The van der Waals surface area contributed by atoms with Gasteiger partial charge in [-0.1, -0.05) is 12.1 Å². The number of carbonyl (C=O) groups is 1. The first kappa shape index (κ1) is 23.2. The molecule has 0 bridgehead atoms. The van der Waals surface area contributed by atoms with Gasteiger partial charge < -0.3 is 10.6 Å². The second-order valence-corrected chi connectivity index (χ2v) is 9.09. The number of amides is 1. The molecule has 2 aliphatic heterocycles. The number of hydrogen-bond donors (Lipinski definition) is 1. The number of carbonyl (C=O) groups excluding carboxylic acids is 1. The van der Waals surface area contributed by atoms with E-state index in [4.69, 9.17) is 5.73 Å². The van der Waals surface area contributed by atoms with Crippen molar-refractivity contribution in [2.24, 2.45) is 5.73 Å². The molecule has 6 nitrogen and oxygen atoms in total. The molecule has 148 valence electrons. The lowest BCUT2D eigenvalue weighted by molar-refractivity contribution is 0.0708. The molecule has 1 unspecified atom stereocenters. The van der Waals surface area contributed by atoms with Gasteiger partial charge in [0, 0.05) is 44.3 Å². The molecule has 0 saturated carbocycles. The summed E-state index contributed by atoms with van der Waals surface area (Å²) in [4.78, 5) is 16.6. The number of benzene rings is 1. The van der Waals surface area contributed by atoms with Crippen molar-refractivity contribution in [2.45, 2.75) is 25.4 Å². The van der Waals surface area contributed by atoms with Crippen LogP contribution in [0.4, 0.5) is 0 Å². The van der Waals surface area contributed by atoms with Gasteiger partial charge in [0.25, 0.3) is 5.91 Å². The highest BCUT2D eigenvalue weighted by molar-refractivity contribution is 7.91. The third-order valence-electron chi connectivity index (χ3n) is 4.76. The van der Waals surface area contributed by atoms with Crippen LogP contribution in [-0.4, -0.2) is 67.9 Å². The largest absolute Gasteiger partial charge is 0.337 e. The lowest BCUT2D eigenvalue weighted by Gasteiger charge is -2.31. The maximum Gasteiger partial charge on any atom is 0.253 e. The normalized spacial score (nSPS) is 22.8. The van der Waals surface area contributed by atoms with E-state index in [1.54, 1.807) is 0 Å². The first-order valence-electron chi connectivity index (χ1n) is 8.49. The number of halogens is 2. The Balaban J connectivity index is 0.00000169. The molecule has 0 aliphatic carbocycles. The summed E-state index contributed by atoms with van der Waals surface area (Å²) in [7, 11) is -2.86. The fourth-order valence-electron chi connectivity index (χ4n) is 3.35. The Kier molecular flexibility index (Phi) is 8.82. The first-order valence-corrected chi connectivity index (χ1v) is 10.3. The van der Waals surface area contributed by atoms with E-state index in [0.29, 0.717) is 31.7 Å². The minimum absolute atomic E-state index is 0. The molecule has 0 aromatic heterocycles. The fraction of sp³-hybridized carbons (Fsp3) is 0.588. The monoisotopic (exact) mass is 423 g/mol. The molecule has 1 aromatic rings. The molecule has 2 fully saturated rings. The van der Waals surface area contributed by atoms with Crippen LogP contribution in [0.1, 0.15) is 28.8 Å². The molecule has 2 heterocycles. The van der Waals surface area contributed by atoms with Crippen molar-refractivity contribution in [3.63, 3.8) is 0 Å². The van der Waals surface area contributed by atoms with Crippen molar-refractivity contribution in [3.05, 3.63) is 35.4 Å². The molecule has 0 spiro atoms. The number of nitrogens with zero attached hydrogens (tertiary/aromatic N) is 2. The van der Waals surface area contributed by atoms with Crippen LogP contribution in [0.5, 0.6) is 0 Å². The summed E-state index contributed by atoms with van der Waals surface area (Å²) in [6.45, 7) is 3.17.